The highest BCUT2D eigenvalue weighted by Gasteiger charge is 2.07. The number of allylic oxidation sites excluding steroid dienone is 2. The summed E-state index contributed by atoms with van der Waals surface area (Å²) in [5, 5.41) is 0. The highest BCUT2D eigenvalue weighted by molar-refractivity contribution is 5.97. The summed E-state index contributed by atoms with van der Waals surface area (Å²) in [5.41, 5.74) is 2.45. The third-order valence-electron chi connectivity index (χ3n) is 1.51. The van der Waals surface area contributed by atoms with Gasteiger partial charge in [0.15, 0.2) is 0 Å². The number of aliphatic imine (C=N–C) groups is 1. The van der Waals surface area contributed by atoms with E-state index in [1.54, 1.807) is 0 Å². The summed E-state index contributed by atoms with van der Waals surface area (Å²) < 4.78 is 0. The summed E-state index contributed by atoms with van der Waals surface area (Å²) in [4.78, 5) is 4.53. The van der Waals surface area contributed by atoms with E-state index in [2.05, 4.69) is 45.7 Å². The molecular formula is C10H19N. The van der Waals surface area contributed by atoms with Crippen LogP contribution in [0.5, 0.6) is 0 Å². The number of hydrogen-bond acceptors (Lipinski definition) is 1. The number of nitrogens with zero attached hydrogens (tertiary/aromatic N) is 1. The Balaban J connectivity index is 4.48. The molecule has 1 nitrogen and oxygen atoms in total. The van der Waals surface area contributed by atoms with Gasteiger partial charge in [-0.25, -0.2) is 0 Å². The molecule has 0 unspecified atom stereocenters. The van der Waals surface area contributed by atoms with E-state index in [0.29, 0.717) is 0 Å². The molecule has 0 N–H and O–H groups in total. The van der Waals surface area contributed by atoms with E-state index in [-0.39, 0.29) is 5.54 Å². The topological polar surface area (TPSA) is 12.4 Å². The van der Waals surface area contributed by atoms with Crippen molar-refractivity contribution in [3.63, 3.8) is 0 Å². The summed E-state index contributed by atoms with van der Waals surface area (Å²) in [6.07, 6.45) is 2.09. The lowest BCUT2D eigenvalue weighted by molar-refractivity contribution is 0.583. The van der Waals surface area contributed by atoms with Gasteiger partial charge in [-0.1, -0.05) is 6.08 Å². The van der Waals surface area contributed by atoms with E-state index in [1.165, 1.54) is 5.57 Å². The molecule has 0 heterocycles. The maximum atomic E-state index is 4.53. The molecule has 0 aromatic rings. The van der Waals surface area contributed by atoms with Gasteiger partial charge in [0.1, 0.15) is 0 Å². The van der Waals surface area contributed by atoms with Gasteiger partial charge in [0.05, 0.1) is 5.54 Å². The van der Waals surface area contributed by atoms with Crippen molar-refractivity contribution in [2.24, 2.45) is 4.99 Å². The molecule has 0 aliphatic heterocycles. The predicted octanol–water partition coefficient (Wildman–Crippen LogP) is 3.21. The van der Waals surface area contributed by atoms with E-state index in [0.717, 1.165) is 5.71 Å². The van der Waals surface area contributed by atoms with Crippen LogP contribution in [-0.2, 0) is 0 Å². The van der Waals surface area contributed by atoms with Crippen molar-refractivity contribution in [1.29, 1.82) is 0 Å². The summed E-state index contributed by atoms with van der Waals surface area (Å²) in [6.45, 7) is 12.5. The zero-order valence-electron chi connectivity index (χ0n) is 8.52. The van der Waals surface area contributed by atoms with Gasteiger partial charge in [-0.2, -0.15) is 0 Å². The molecule has 0 aliphatic rings. The van der Waals surface area contributed by atoms with Crippen LogP contribution < -0.4 is 0 Å². The first-order valence-corrected chi connectivity index (χ1v) is 4.06. The lowest BCUT2D eigenvalue weighted by atomic mass is 10.1. The maximum Gasteiger partial charge on any atom is 0.0527 e. The van der Waals surface area contributed by atoms with Gasteiger partial charge >= 0.3 is 0 Å². The SMILES string of the molecule is C/C=C(\C)C(C)=NC(C)(C)C. The summed E-state index contributed by atoms with van der Waals surface area (Å²) in [7, 11) is 0. The van der Waals surface area contributed by atoms with Crippen LogP contribution in [0.4, 0.5) is 0 Å². The Morgan fingerprint density at radius 1 is 1.18 bits per heavy atom. The zero-order valence-corrected chi connectivity index (χ0v) is 8.52. The van der Waals surface area contributed by atoms with Crippen molar-refractivity contribution in [2.45, 2.75) is 47.1 Å². The van der Waals surface area contributed by atoms with Crippen molar-refractivity contribution >= 4 is 5.71 Å². The Morgan fingerprint density at radius 2 is 1.64 bits per heavy atom. The molecular weight excluding hydrogens is 134 g/mol. The van der Waals surface area contributed by atoms with Crippen LogP contribution in [0.1, 0.15) is 41.5 Å². The van der Waals surface area contributed by atoms with E-state index < -0.39 is 0 Å². The average Bonchev–Trinajstić information content (AvgIpc) is 1.82. The van der Waals surface area contributed by atoms with Crippen LogP contribution in [0.3, 0.4) is 0 Å². The van der Waals surface area contributed by atoms with E-state index in [1.807, 2.05) is 6.92 Å². The molecule has 0 radical (unpaired) electrons. The van der Waals surface area contributed by atoms with Crippen LogP contribution in [-0.4, -0.2) is 11.3 Å². The van der Waals surface area contributed by atoms with Gasteiger partial charge in [0.25, 0.3) is 0 Å². The van der Waals surface area contributed by atoms with Crippen LogP contribution >= 0.6 is 0 Å². The molecule has 0 aromatic heterocycles. The molecule has 0 saturated heterocycles. The molecule has 0 aliphatic carbocycles. The Morgan fingerprint density at radius 3 is 1.91 bits per heavy atom. The summed E-state index contributed by atoms with van der Waals surface area (Å²) in [5.74, 6) is 0. The first-order valence-electron chi connectivity index (χ1n) is 4.06. The fourth-order valence-corrected chi connectivity index (χ4v) is 0.800. The normalized spacial score (nSPS) is 15.5. The Hall–Kier alpha value is -0.590. The number of rotatable bonds is 1. The van der Waals surface area contributed by atoms with Crippen LogP contribution in [0, 0.1) is 0 Å². The van der Waals surface area contributed by atoms with E-state index in [9.17, 15) is 0 Å². The highest BCUT2D eigenvalue weighted by Crippen LogP contribution is 2.09. The molecule has 64 valence electrons. The molecule has 0 saturated carbocycles. The lowest BCUT2D eigenvalue weighted by Gasteiger charge is -2.14. The molecule has 0 fully saturated rings. The lowest BCUT2D eigenvalue weighted by Crippen LogP contribution is -2.13. The fraction of sp³-hybridized carbons (Fsp3) is 0.700. The quantitative estimate of drug-likeness (QED) is 0.513. The molecule has 1 heteroatoms. The second-order valence-corrected chi connectivity index (χ2v) is 3.84. The fourth-order valence-electron chi connectivity index (χ4n) is 0.800. The molecule has 0 bridgehead atoms. The zero-order chi connectivity index (χ0) is 9.07. The van der Waals surface area contributed by atoms with Crippen molar-refractivity contribution in [1.82, 2.24) is 0 Å². The average molecular weight is 153 g/mol. The second kappa shape index (κ2) is 3.70. The molecule has 0 atom stereocenters. The molecule has 0 aromatic carbocycles. The smallest absolute Gasteiger partial charge is 0.0527 e. The third-order valence-corrected chi connectivity index (χ3v) is 1.51. The van der Waals surface area contributed by atoms with E-state index >= 15 is 0 Å². The Bertz CT molecular complexity index is 180. The maximum absolute atomic E-state index is 4.53. The number of hydrogen-bond donors (Lipinski definition) is 0. The molecule has 0 rings (SSSR count). The van der Waals surface area contributed by atoms with Gasteiger partial charge in [-0.3, -0.25) is 4.99 Å². The highest BCUT2D eigenvalue weighted by atomic mass is 14.8. The van der Waals surface area contributed by atoms with Crippen LogP contribution in [0.25, 0.3) is 0 Å². The van der Waals surface area contributed by atoms with Gasteiger partial charge < -0.3 is 0 Å². The first-order chi connectivity index (χ1) is 4.87. The van der Waals surface area contributed by atoms with Crippen molar-refractivity contribution in [3.8, 4) is 0 Å². The van der Waals surface area contributed by atoms with Gasteiger partial charge in [0, 0.05) is 5.71 Å². The first kappa shape index (κ1) is 10.4. The predicted molar refractivity (Wildman–Crippen MR) is 52.3 cm³/mol. The minimum Gasteiger partial charge on any atom is -0.284 e. The Labute approximate surface area is 70.2 Å². The minimum atomic E-state index is 0.0500. The van der Waals surface area contributed by atoms with Crippen LogP contribution in [0.2, 0.25) is 0 Å². The van der Waals surface area contributed by atoms with Gasteiger partial charge in [0.2, 0.25) is 0 Å². The van der Waals surface area contributed by atoms with Crippen molar-refractivity contribution in [2.75, 3.05) is 0 Å². The van der Waals surface area contributed by atoms with Gasteiger partial charge in [-0.05, 0) is 47.1 Å². The van der Waals surface area contributed by atoms with Crippen molar-refractivity contribution < 1.29 is 0 Å². The third kappa shape index (κ3) is 4.77. The minimum absolute atomic E-state index is 0.0500. The van der Waals surface area contributed by atoms with Crippen molar-refractivity contribution in [3.05, 3.63) is 11.6 Å². The molecule has 11 heavy (non-hydrogen) atoms. The monoisotopic (exact) mass is 153 g/mol. The van der Waals surface area contributed by atoms with Crippen LogP contribution in [0.15, 0.2) is 16.6 Å². The summed E-state index contributed by atoms with van der Waals surface area (Å²) >= 11 is 0. The summed E-state index contributed by atoms with van der Waals surface area (Å²) in [6, 6.07) is 0. The second-order valence-electron chi connectivity index (χ2n) is 3.84. The van der Waals surface area contributed by atoms with Gasteiger partial charge in [-0.15, -0.1) is 0 Å². The molecule has 0 spiro atoms. The molecule has 0 amide bonds. The largest absolute Gasteiger partial charge is 0.284 e. The Kier molecular flexibility index (Phi) is 3.50. The van der Waals surface area contributed by atoms with E-state index in [4.69, 9.17) is 0 Å². The standard InChI is InChI=1S/C10H19N/c1-7-8(2)9(3)11-10(4,5)6/h7H,1-6H3/b8-7+,11-9?.